The van der Waals surface area contributed by atoms with Crippen molar-refractivity contribution in [1.82, 2.24) is 20.6 Å². The van der Waals surface area contributed by atoms with Crippen LogP contribution >= 0.6 is 22.9 Å². The normalized spacial score (nSPS) is 14.4. The SMILES string of the molecule is O=C(CCNS(=O)(=O)c1ccc(Cl)cc1)NNC(=O)c1csc(N2CCOCC2)n1. The molecule has 0 radical (unpaired) electrons. The van der Waals surface area contributed by atoms with Gasteiger partial charge in [-0.25, -0.2) is 18.1 Å². The first-order chi connectivity index (χ1) is 14.3. The van der Waals surface area contributed by atoms with Gasteiger partial charge in [0.15, 0.2) is 5.13 Å². The standard InChI is InChI=1S/C17H20ClN5O5S2/c18-12-1-3-13(4-2-12)30(26,27)19-6-5-15(24)21-22-16(25)14-11-29-17(20-14)23-7-9-28-10-8-23/h1-4,11,19H,5-10H2,(H,21,24)(H,22,25). The second-order valence-corrected chi connectivity index (χ2v) is 9.26. The zero-order valence-corrected chi connectivity index (χ0v) is 18.1. The Bertz CT molecular complexity index is 990. The number of aromatic nitrogens is 1. The highest BCUT2D eigenvalue weighted by Gasteiger charge is 2.18. The molecule has 30 heavy (non-hydrogen) atoms. The maximum Gasteiger partial charge on any atom is 0.289 e. The van der Waals surface area contributed by atoms with E-state index in [0.29, 0.717) is 36.5 Å². The van der Waals surface area contributed by atoms with Crippen LogP contribution in [0.2, 0.25) is 5.02 Å². The fourth-order valence-corrected chi connectivity index (χ4v) is 4.53. The third kappa shape index (κ3) is 6.12. The summed E-state index contributed by atoms with van der Waals surface area (Å²) in [6.07, 6.45) is -0.163. The van der Waals surface area contributed by atoms with E-state index in [0.717, 1.165) is 0 Å². The second-order valence-electron chi connectivity index (χ2n) is 6.22. The Morgan fingerprint density at radius 3 is 2.57 bits per heavy atom. The number of benzene rings is 1. The Morgan fingerprint density at radius 2 is 1.87 bits per heavy atom. The van der Waals surface area contributed by atoms with E-state index in [9.17, 15) is 18.0 Å². The summed E-state index contributed by atoms with van der Waals surface area (Å²) in [6, 6.07) is 5.65. The number of hydrogen-bond acceptors (Lipinski definition) is 8. The zero-order valence-electron chi connectivity index (χ0n) is 15.8. The van der Waals surface area contributed by atoms with Crippen molar-refractivity contribution in [3.8, 4) is 0 Å². The minimum absolute atomic E-state index is 0.0419. The molecule has 0 saturated carbocycles. The lowest BCUT2D eigenvalue weighted by atomic mass is 10.4. The highest BCUT2D eigenvalue weighted by atomic mass is 35.5. The monoisotopic (exact) mass is 473 g/mol. The largest absolute Gasteiger partial charge is 0.378 e. The number of morpholine rings is 1. The van der Waals surface area contributed by atoms with E-state index in [1.807, 2.05) is 4.90 Å². The van der Waals surface area contributed by atoms with Crippen molar-refractivity contribution in [2.24, 2.45) is 0 Å². The number of hydrogen-bond donors (Lipinski definition) is 3. The molecule has 13 heteroatoms. The van der Waals surface area contributed by atoms with E-state index < -0.39 is 21.8 Å². The van der Waals surface area contributed by atoms with Gasteiger partial charge in [0.05, 0.1) is 18.1 Å². The topological polar surface area (TPSA) is 130 Å². The Morgan fingerprint density at radius 1 is 1.17 bits per heavy atom. The molecule has 0 unspecified atom stereocenters. The fourth-order valence-electron chi connectivity index (χ4n) is 2.52. The molecule has 1 fully saturated rings. The van der Waals surface area contributed by atoms with Crippen molar-refractivity contribution >= 4 is 49.9 Å². The summed E-state index contributed by atoms with van der Waals surface area (Å²) in [5.74, 6) is -1.10. The van der Waals surface area contributed by atoms with Gasteiger partial charge in [0.1, 0.15) is 5.69 Å². The summed E-state index contributed by atoms with van der Waals surface area (Å²) >= 11 is 7.07. The molecule has 10 nitrogen and oxygen atoms in total. The molecule has 0 atom stereocenters. The van der Waals surface area contributed by atoms with Crippen molar-refractivity contribution in [2.45, 2.75) is 11.3 Å². The number of carbonyl (C=O) groups is 2. The predicted molar refractivity (Wildman–Crippen MR) is 112 cm³/mol. The van der Waals surface area contributed by atoms with Crippen molar-refractivity contribution in [2.75, 3.05) is 37.7 Å². The van der Waals surface area contributed by atoms with E-state index >= 15 is 0 Å². The number of thiazole rings is 1. The Balaban J connectivity index is 1.41. The Hall–Kier alpha value is -2.25. The van der Waals surface area contributed by atoms with Gasteiger partial charge in [-0.15, -0.1) is 11.3 Å². The average molecular weight is 474 g/mol. The molecule has 1 aromatic heterocycles. The Kier molecular flexibility index (Phi) is 7.61. The molecule has 0 aliphatic carbocycles. The number of nitrogens with one attached hydrogen (secondary N) is 3. The molecule has 0 spiro atoms. The van der Waals surface area contributed by atoms with Gasteiger partial charge in [-0.2, -0.15) is 0 Å². The molecular weight excluding hydrogens is 454 g/mol. The summed E-state index contributed by atoms with van der Waals surface area (Å²) in [5.41, 5.74) is 4.70. The molecular formula is C17H20ClN5O5S2. The van der Waals surface area contributed by atoms with Crippen LogP contribution in [0.15, 0.2) is 34.5 Å². The smallest absolute Gasteiger partial charge is 0.289 e. The number of ether oxygens (including phenoxy) is 1. The first-order valence-electron chi connectivity index (χ1n) is 8.98. The average Bonchev–Trinajstić information content (AvgIpc) is 3.23. The van der Waals surface area contributed by atoms with Gasteiger partial charge in [-0.1, -0.05) is 11.6 Å². The molecule has 2 amide bonds. The van der Waals surface area contributed by atoms with Crippen LogP contribution in [0.25, 0.3) is 0 Å². The lowest BCUT2D eigenvalue weighted by Crippen LogP contribution is -2.43. The van der Waals surface area contributed by atoms with Gasteiger partial charge in [-0.05, 0) is 24.3 Å². The molecule has 1 aliphatic rings. The van der Waals surface area contributed by atoms with E-state index in [2.05, 4.69) is 20.6 Å². The number of halogens is 1. The molecule has 3 rings (SSSR count). The van der Waals surface area contributed by atoms with E-state index in [1.54, 1.807) is 5.38 Å². The van der Waals surface area contributed by atoms with Crippen LogP contribution in [-0.4, -0.2) is 58.1 Å². The van der Waals surface area contributed by atoms with Gasteiger partial charge in [0.2, 0.25) is 15.9 Å². The first-order valence-corrected chi connectivity index (χ1v) is 11.7. The summed E-state index contributed by atoms with van der Waals surface area (Å²) < 4.78 is 31.9. The minimum atomic E-state index is -3.75. The summed E-state index contributed by atoms with van der Waals surface area (Å²) in [5, 5.41) is 2.74. The molecule has 1 saturated heterocycles. The fraction of sp³-hybridized carbons (Fsp3) is 0.353. The molecule has 2 heterocycles. The van der Waals surface area contributed by atoms with Gasteiger partial charge in [0, 0.05) is 36.5 Å². The zero-order chi connectivity index (χ0) is 21.6. The minimum Gasteiger partial charge on any atom is -0.378 e. The highest BCUT2D eigenvalue weighted by molar-refractivity contribution is 7.89. The lowest BCUT2D eigenvalue weighted by molar-refractivity contribution is -0.121. The molecule has 3 N–H and O–H groups in total. The van der Waals surface area contributed by atoms with E-state index in [1.165, 1.54) is 35.6 Å². The van der Waals surface area contributed by atoms with Crippen LogP contribution in [0.4, 0.5) is 5.13 Å². The summed E-state index contributed by atoms with van der Waals surface area (Å²) in [4.78, 5) is 30.4. The van der Waals surface area contributed by atoms with E-state index in [-0.39, 0.29) is 23.6 Å². The molecule has 1 aliphatic heterocycles. The molecule has 162 valence electrons. The number of sulfonamides is 1. The van der Waals surface area contributed by atoms with Crippen molar-refractivity contribution in [1.29, 1.82) is 0 Å². The third-order valence-corrected chi connectivity index (χ3v) is 6.72. The van der Waals surface area contributed by atoms with Crippen LogP contribution in [0.1, 0.15) is 16.9 Å². The van der Waals surface area contributed by atoms with Crippen molar-refractivity contribution < 1.29 is 22.7 Å². The predicted octanol–water partition coefficient (Wildman–Crippen LogP) is 0.763. The van der Waals surface area contributed by atoms with Crippen LogP contribution in [0, 0.1) is 0 Å². The number of nitrogens with zero attached hydrogens (tertiary/aromatic N) is 2. The van der Waals surface area contributed by atoms with E-state index in [4.69, 9.17) is 16.3 Å². The van der Waals surface area contributed by atoms with Gasteiger partial charge < -0.3 is 9.64 Å². The van der Waals surface area contributed by atoms with Crippen LogP contribution < -0.4 is 20.5 Å². The van der Waals surface area contributed by atoms with Crippen LogP contribution in [0.3, 0.4) is 0 Å². The number of carbonyl (C=O) groups excluding carboxylic acids is 2. The quantitative estimate of drug-likeness (QED) is 0.506. The molecule has 0 bridgehead atoms. The van der Waals surface area contributed by atoms with Crippen LogP contribution in [-0.2, 0) is 19.6 Å². The number of hydrazine groups is 1. The van der Waals surface area contributed by atoms with Crippen molar-refractivity contribution in [3.05, 3.63) is 40.4 Å². The van der Waals surface area contributed by atoms with Crippen LogP contribution in [0.5, 0.6) is 0 Å². The summed E-state index contributed by atoms with van der Waals surface area (Å²) in [7, 11) is -3.75. The second kappa shape index (κ2) is 10.2. The van der Waals surface area contributed by atoms with Gasteiger partial charge >= 0.3 is 0 Å². The highest BCUT2D eigenvalue weighted by Crippen LogP contribution is 2.21. The lowest BCUT2D eigenvalue weighted by Gasteiger charge is -2.25. The Labute approximate surface area is 182 Å². The number of amides is 2. The summed E-state index contributed by atoms with van der Waals surface area (Å²) in [6.45, 7) is 2.50. The molecule has 2 aromatic rings. The maximum atomic E-state index is 12.1. The van der Waals surface area contributed by atoms with Gasteiger partial charge in [-0.3, -0.25) is 20.4 Å². The maximum absolute atomic E-state index is 12.1. The number of rotatable bonds is 7. The van der Waals surface area contributed by atoms with Gasteiger partial charge in [0.25, 0.3) is 5.91 Å². The number of anilines is 1. The first kappa shape index (κ1) is 22.4. The van der Waals surface area contributed by atoms with Crippen molar-refractivity contribution in [3.63, 3.8) is 0 Å². The third-order valence-electron chi connectivity index (χ3n) is 4.09. The molecule has 1 aromatic carbocycles.